The van der Waals surface area contributed by atoms with Gasteiger partial charge in [-0.05, 0) is 13.8 Å². The lowest BCUT2D eigenvalue weighted by Crippen LogP contribution is -2.34. The Kier molecular flexibility index (Phi) is 5.31. The van der Waals surface area contributed by atoms with E-state index in [1.807, 2.05) is 18.7 Å². The summed E-state index contributed by atoms with van der Waals surface area (Å²) in [7, 11) is 0. The maximum Gasteiger partial charge on any atom is 0.231 e. The molecule has 1 aromatic heterocycles. The molecule has 0 aromatic carbocycles. The first kappa shape index (κ1) is 14.7. The Hall–Kier alpha value is -1.67. The van der Waals surface area contributed by atoms with E-state index in [2.05, 4.69) is 20.3 Å². The minimum atomic E-state index is 0.0126. The number of anilines is 3. The van der Waals surface area contributed by atoms with Gasteiger partial charge in [0.1, 0.15) is 0 Å². The molecule has 1 fully saturated rings. The zero-order valence-electron chi connectivity index (χ0n) is 12.0. The van der Waals surface area contributed by atoms with Crippen LogP contribution in [0.4, 0.5) is 17.8 Å². The van der Waals surface area contributed by atoms with E-state index in [9.17, 15) is 0 Å². The molecule has 1 atom stereocenters. The van der Waals surface area contributed by atoms with Crippen LogP contribution in [0.25, 0.3) is 0 Å². The van der Waals surface area contributed by atoms with Crippen LogP contribution in [0.15, 0.2) is 0 Å². The van der Waals surface area contributed by atoms with Crippen LogP contribution >= 0.6 is 0 Å². The number of rotatable bonds is 6. The van der Waals surface area contributed by atoms with Crippen molar-refractivity contribution in [1.29, 1.82) is 0 Å². The number of nitrogen functional groups attached to an aromatic ring is 1. The maximum atomic E-state index is 5.73. The number of nitrogens with zero attached hydrogens (tertiary/aromatic N) is 4. The zero-order chi connectivity index (χ0) is 14.4. The van der Waals surface area contributed by atoms with Gasteiger partial charge in [-0.3, -0.25) is 0 Å². The van der Waals surface area contributed by atoms with E-state index >= 15 is 0 Å². The van der Waals surface area contributed by atoms with Crippen molar-refractivity contribution in [2.24, 2.45) is 0 Å². The molecule has 3 N–H and O–H groups in total. The Morgan fingerprint density at radius 2 is 2.05 bits per heavy atom. The number of nitrogens with two attached hydrogens (primary N) is 1. The van der Waals surface area contributed by atoms with Crippen LogP contribution < -0.4 is 16.0 Å². The summed E-state index contributed by atoms with van der Waals surface area (Å²) in [5.41, 5.74) is 5.73. The average Bonchev–Trinajstić information content (AvgIpc) is 2.47. The highest BCUT2D eigenvalue weighted by Gasteiger charge is 2.15. The lowest BCUT2D eigenvalue weighted by molar-refractivity contribution is -0.0819. The third kappa shape index (κ3) is 3.91. The molecule has 1 unspecified atom stereocenters. The standard InChI is InChI=1S/C12H22N6O2/c1-3-18(4-2)12-16-10(13)15-11(17-12)14-7-9-8-19-5-6-20-9/h9H,3-8H2,1-2H3,(H3,13,14,15,16,17). The SMILES string of the molecule is CCN(CC)c1nc(N)nc(NCC2COCCO2)n1. The Morgan fingerprint density at radius 1 is 1.25 bits per heavy atom. The van der Waals surface area contributed by atoms with E-state index in [4.69, 9.17) is 15.2 Å². The van der Waals surface area contributed by atoms with Gasteiger partial charge in [0, 0.05) is 19.6 Å². The van der Waals surface area contributed by atoms with Crippen molar-refractivity contribution in [1.82, 2.24) is 15.0 Å². The molecule has 1 aromatic rings. The highest BCUT2D eigenvalue weighted by Crippen LogP contribution is 2.12. The van der Waals surface area contributed by atoms with Gasteiger partial charge in [-0.2, -0.15) is 15.0 Å². The van der Waals surface area contributed by atoms with Crippen molar-refractivity contribution in [3.8, 4) is 0 Å². The molecule has 0 bridgehead atoms. The fourth-order valence-electron chi connectivity index (χ4n) is 1.97. The molecular weight excluding hydrogens is 260 g/mol. The summed E-state index contributed by atoms with van der Waals surface area (Å²) in [4.78, 5) is 14.6. The molecule has 112 valence electrons. The number of ether oxygens (including phenoxy) is 2. The highest BCUT2D eigenvalue weighted by atomic mass is 16.6. The second-order valence-electron chi connectivity index (χ2n) is 4.44. The summed E-state index contributed by atoms with van der Waals surface area (Å²) >= 11 is 0. The molecule has 0 spiro atoms. The first-order valence-corrected chi connectivity index (χ1v) is 6.92. The largest absolute Gasteiger partial charge is 0.376 e. The fraction of sp³-hybridized carbons (Fsp3) is 0.750. The van der Waals surface area contributed by atoms with E-state index in [0.717, 1.165) is 13.1 Å². The normalized spacial score (nSPS) is 18.8. The van der Waals surface area contributed by atoms with Crippen LogP contribution in [0.1, 0.15) is 13.8 Å². The Morgan fingerprint density at radius 3 is 2.70 bits per heavy atom. The monoisotopic (exact) mass is 282 g/mol. The summed E-state index contributed by atoms with van der Waals surface area (Å²) in [6, 6.07) is 0. The third-order valence-electron chi connectivity index (χ3n) is 3.06. The summed E-state index contributed by atoms with van der Waals surface area (Å²) < 4.78 is 10.9. The van der Waals surface area contributed by atoms with Gasteiger partial charge >= 0.3 is 0 Å². The molecule has 8 nitrogen and oxygen atoms in total. The van der Waals surface area contributed by atoms with Crippen molar-refractivity contribution in [3.63, 3.8) is 0 Å². The Balaban J connectivity index is 1.99. The predicted molar refractivity (Wildman–Crippen MR) is 76.8 cm³/mol. The van der Waals surface area contributed by atoms with Crippen LogP contribution in [0.3, 0.4) is 0 Å². The van der Waals surface area contributed by atoms with E-state index in [-0.39, 0.29) is 12.1 Å². The van der Waals surface area contributed by atoms with Gasteiger partial charge in [0.05, 0.1) is 25.9 Å². The van der Waals surface area contributed by atoms with E-state index in [0.29, 0.717) is 38.3 Å². The second kappa shape index (κ2) is 7.20. The molecule has 0 radical (unpaired) electrons. The highest BCUT2D eigenvalue weighted by molar-refractivity contribution is 5.41. The topological polar surface area (TPSA) is 98.4 Å². The number of hydrogen-bond donors (Lipinski definition) is 2. The second-order valence-corrected chi connectivity index (χ2v) is 4.44. The van der Waals surface area contributed by atoms with Crippen LogP contribution in [0, 0.1) is 0 Å². The van der Waals surface area contributed by atoms with Crippen molar-refractivity contribution >= 4 is 17.8 Å². The molecule has 1 saturated heterocycles. The quantitative estimate of drug-likeness (QED) is 0.759. The third-order valence-corrected chi connectivity index (χ3v) is 3.06. The molecule has 1 aliphatic heterocycles. The van der Waals surface area contributed by atoms with Crippen molar-refractivity contribution in [3.05, 3.63) is 0 Å². The van der Waals surface area contributed by atoms with Gasteiger partial charge in [0.2, 0.25) is 17.8 Å². The summed E-state index contributed by atoms with van der Waals surface area (Å²) in [5.74, 6) is 1.27. The van der Waals surface area contributed by atoms with Crippen molar-refractivity contribution in [2.75, 3.05) is 55.4 Å². The minimum Gasteiger partial charge on any atom is -0.376 e. The van der Waals surface area contributed by atoms with Crippen LogP contribution in [0.2, 0.25) is 0 Å². The maximum absolute atomic E-state index is 5.73. The minimum absolute atomic E-state index is 0.0126. The first-order chi connectivity index (χ1) is 9.72. The first-order valence-electron chi connectivity index (χ1n) is 6.92. The number of hydrogen-bond acceptors (Lipinski definition) is 8. The summed E-state index contributed by atoms with van der Waals surface area (Å²) in [6.07, 6.45) is 0.0126. The lowest BCUT2D eigenvalue weighted by Gasteiger charge is -2.23. The van der Waals surface area contributed by atoms with Crippen molar-refractivity contribution in [2.45, 2.75) is 20.0 Å². The smallest absolute Gasteiger partial charge is 0.231 e. The van der Waals surface area contributed by atoms with E-state index in [1.165, 1.54) is 0 Å². The molecule has 8 heteroatoms. The fourth-order valence-corrected chi connectivity index (χ4v) is 1.97. The van der Waals surface area contributed by atoms with Crippen LogP contribution in [0.5, 0.6) is 0 Å². The summed E-state index contributed by atoms with van der Waals surface area (Å²) in [5, 5.41) is 3.12. The molecule has 0 aliphatic carbocycles. The van der Waals surface area contributed by atoms with Gasteiger partial charge in [0.25, 0.3) is 0 Å². The predicted octanol–water partition coefficient (Wildman–Crippen LogP) is 0.127. The number of nitrogens with one attached hydrogen (secondary N) is 1. The van der Waals surface area contributed by atoms with E-state index < -0.39 is 0 Å². The van der Waals surface area contributed by atoms with Crippen LogP contribution in [-0.4, -0.2) is 60.5 Å². The molecule has 20 heavy (non-hydrogen) atoms. The molecule has 2 heterocycles. The van der Waals surface area contributed by atoms with Crippen LogP contribution in [-0.2, 0) is 9.47 Å². The molecule has 0 saturated carbocycles. The Bertz CT molecular complexity index is 420. The van der Waals surface area contributed by atoms with Gasteiger partial charge in [-0.25, -0.2) is 0 Å². The average molecular weight is 282 g/mol. The lowest BCUT2D eigenvalue weighted by atomic mass is 10.3. The van der Waals surface area contributed by atoms with E-state index in [1.54, 1.807) is 0 Å². The van der Waals surface area contributed by atoms with Crippen molar-refractivity contribution < 1.29 is 9.47 Å². The van der Waals surface area contributed by atoms with Gasteiger partial charge < -0.3 is 25.4 Å². The van der Waals surface area contributed by atoms with Gasteiger partial charge in [-0.1, -0.05) is 0 Å². The molecule has 1 aliphatic rings. The van der Waals surface area contributed by atoms with Gasteiger partial charge in [0.15, 0.2) is 0 Å². The summed E-state index contributed by atoms with van der Waals surface area (Å²) in [6.45, 7) is 8.17. The van der Waals surface area contributed by atoms with Gasteiger partial charge in [-0.15, -0.1) is 0 Å². The Labute approximate surface area is 118 Å². The number of aromatic nitrogens is 3. The zero-order valence-corrected chi connectivity index (χ0v) is 12.0. The molecule has 0 amide bonds. The molecule has 2 rings (SSSR count). The molecular formula is C12H22N6O2.